The summed E-state index contributed by atoms with van der Waals surface area (Å²) in [5, 5.41) is 14.6. The molecule has 0 aliphatic heterocycles. The molecule has 0 saturated carbocycles. The highest BCUT2D eigenvalue weighted by Crippen LogP contribution is 2.24. The summed E-state index contributed by atoms with van der Waals surface area (Å²) in [4.78, 5) is 2.09. The Morgan fingerprint density at radius 2 is 1.85 bits per heavy atom. The number of hydrogen-bond donors (Lipinski definition) is 2. The molecule has 2 aromatic heterocycles. The zero-order valence-electron chi connectivity index (χ0n) is 14.7. The fraction of sp³-hybridized carbons (Fsp3) is 0.312. The number of benzene rings is 1. The van der Waals surface area contributed by atoms with E-state index in [1.807, 2.05) is 38.1 Å². The standard InChI is InChI=1S/C16H20N6O2S2/c1-11-4-6-14(7-5-11)22-16(19-20-21-22)17-8-9-18-26(23,24)15-10-12(2)25-13(15)3/h4-7,10,18H,8-9H2,1-3H3,(H,17,19,21). The van der Waals surface area contributed by atoms with Crippen LogP contribution in [0, 0.1) is 20.8 Å². The van der Waals surface area contributed by atoms with Gasteiger partial charge in [0.2, 0.25) is 16.0 Å². The van der Waals surface area contributed by atoms with Gasteiger partial charge in [-0.15, -0.1) is 11.3 Å². The maximum absolute atomic E-state index is 12.4. The number of rotatable bonds is 7. The van der Waals surface area contributed by atoms with Gasteiger partial charge in [0.05, 0.1) is 10.6 Å². The fourth-order valence-corrected chi connectivity index (χ4v) is 5.05. The van der Waals surface area contributed by atoms with Crippen LogP contribution in [0.4, 0.5) is 5.95 Å². The first-order chi connectivity index (χ1) is 12.4. The summed E-state index contributed by atoms with van der Waals surface area (Å²) >= 11 is 1.47. The lowest BCUT2D eigenvalue weighted by Crippen LogP contribution is -2.29. The van der Waals surface area contributed by atoms with Gasteiger partial charge in [-0.3, -0.25) is 0 Å². The lowest BCUT2D eigenvalue weighted by atomic mass is 10.2. The third kappa shape index (κ3) is 4.09. The number of nitrogens with one attached hydrogen (secondary N) is 2. The third-order valence-corrected chi connectivity index (χ3v) is 6.42. The van der Waals surface area contributed by atoms with Gasteiger partial charge < -0.3 is 5.32 Å². The van der Waals surface area contributed by atoms with Gasteiger partial charge in [-0.1, -0.05) is 22.8 Å². The number of aromatic nitrogens is 4. The van der Waals surface area contributed by atoms with E-state index in [1.54, 1.807) is 17.7 Å². The Morgan fingerprint density at radius 1 is 1.12 bits per heavy atom. The largest absolute Gasteiger partial charge is 0.351 e. The summed E-state index contributed by atoms with van der Waals surface area (Å²) in [6.45, 7) is 6.28. The molecule has 0 fully saturated rings. The van der Waals surface area contributed by atoms with Gasteiger partial charge in [-0.25, -0.2) is 13.1 Å². The molecule has 0 amide bonds. The smallest absolute Gasteiger partial charge is 0.247 e. The predicted molar refractivity (Wildman–Crippen MR) is 101 cm³/mol. The molecule has 3 aromatic rings. The van der Waals surface area contributed by atoms with E-state index < -0.39 is 10.0 Å². The Hall–Kier alpha value is -2.30. The molecule has 0 aliphatic rings. The second kappa shape index (κ2) is 7.52. The molecule has 10 heteroatoms. The first-order valence-corrected chi connectivity index (χ1v) is 10.3. The normalized spacial score (nSPS) is 11.7. The van der Waals surface area contributed by atoms with Crippen molar-refractivity contribution in [3.05, 3.63) is 45.6 Å². The van der Waals surface area contributed by atoms with Crippen LogP contribution in [0.25, 0.3) is 5.69 Å². The molecule has 0 radical (unpaired) electrons. The summed E-state index contributed by atoms with van der Waals surface area (Å²) in [6, 6.07) is 9.47. The Morgan fingerprint density at radius 3 is 2.50 bits per heavy atom. The Balaban J connectivity index is 1.60. The fourth-order valence-electron chi connectivity index (χ4n) is 2.47. The highest BCUT2D eigenvalue weighted by Gasteiger charge is 2.18. The molecule has 1 aromatic carbocycles. The molecule has 0 saturated heterocycles. The van der Waals surface area contributed by atoms with Crippen LogP contribution in [0.2, 0.25) is 0 Å². The van der Waals surface area contributed by atoms with Gasteiger partial charge >= 0.3 is 0 Å². The van der Waals surface area contributed by atoms with E-state index in [4.69, 9.17) is 0 Å². The van der Waals surface area contributed by atoms with Crippen molar-refractivity contribution in [1.29, 1.82) is 0 Å². The van der Waals surface area contributed by atoms with E-state index >= 15 is 0 Å². The van der Waals surface area contributed by atoms with Crippen LogP contribution in [0.5, 0.6) is 0 Å². The van der Waals surface area contributed by atoms with E-state index in [9.17, 15) is 8.42 Å². The van der Waals surface area contributed by atoms with Gasteiger partial charge in [0.25, 0.3) is 0 Å². The molecule has 0 atom stereocenters. The molecule has 0 unspecified atom stereocenters. The molecule has 2 heterocycles. The van der Waals surface area contributed by atoms with Gasteiger partial charge in [-0.2, -0.15) is 4.68 Å². The second-order valence-corrected chi connectivity index (χ2v) is 9.05. The van der Waals surface area contributed by atoms with E-state index in [1.165, 1.54) is 11.3 Å². The van der Waals surface area contributed by atoms with E-state index in [0.29, 0.717) is 17.4 Å². The monoisotopic (exact) mass is 392 g/mol. The summed E-state index contributed by atoms with van der Waals surface area (Å²) in [7, 11) is -3.52. The predicted octanol–water partition coefficient (Wildman–Crippen LogP) is 2.04. The maximum Gasteiger partial charge on any atom is 0.247 e. The van der Waals surface area contributed by atoms with Crippen molar-refractivity contribution in [2.75, 3.05) is 18.4 Å². The van der Waals surface area contributed by atoms with Crippen LogP contribution >= 0.6 is 11.3 Å². The van der Waals surface area contributed by atoms with Crippen LogP contribution in [-0.4, -0.2) is 41.7 Å². The summed E-state index contributed by atoms with van der Waals surface area (Å²) in [5.41, 5.74) is 1.97. The summed E-state index contributed by atoms with van der Waals surface area (Å²) in [5.74, 6) is 0.454. The minimum atomic E-state index is -3.52. The quantitative estimate of drug-likeness (QED) is 0.597. The van der Waals surface area contributed by atoms with Gasteiger partial charge in [0.1, 0.15) is 0 Å². The zero-order chi connectivity index (χ0) is 18.7. The first kappa shape index (κ1) is 18.5. The van der Waals surface area contributed by atoms with Crippen molar-refractivity contribution < 1.29 is 8.42 Å². The lowest BCUT2D eigenvalue weighted by molar-refractivity contribution is 0.582. The van der Waals surface area contributed by atoms with Crippen molar-refractivity contribution in [3.8, 4) is 5.69 Å². The molecule has 0 spiro atoms. The topological polar surface area (TPSA) is 102 Å². The van der Waals surface area contributed by atoms with Crippen molar-refractivity contribution in [2.24, 2.45) is 0 Å². The molecule has 26 heavy (non-hydrogen) atoms. The number of sulfonamides is 1. The van der Waals surface area contributed by atoms with Gasteiger partial charge in [0, 0.05) is 22.8 Å². The Bertz CT molecular complexity index is 992. The molecule has 0 bridgehead atoms. The SMILES string of the molecule is Cc1ccc(-n2nnnc2NCCNS(=O)(=O)c2cc(C)sc2C)cc1. The molecular weight excluding hydrogens is 372 g/mol. The van der Waals surface area contributed by atoms with Crippen molar-refractivity contribution in [3.63, 3.8) is 0 Å². The van der Waals surface area contributed by atoms with Gasteiger partial charge in [-0.05, 0) is 49.4 Å². The van der Waals surface area contributed by atoms with Crippen LogP contribution < -0.4 is 10.0 Å². The highest BCUT2D eigenvalue weighted by molar-refractivity contribution is 7.89. The van der Waals surface area contributed by atoms with Crippen LogP contribution in [0.1, 0.15) is 15.3 Å². The summed E-state index contributed by atoms with van der Waals surface area (Å²) < 4.78 is 28.9. The van der Waals surface area contributed by atoms with Crippen molar-refractivity contribution in [2.45, 2.75) is 25.7 Å². The average molecular weight is 393 g/mol. The zero-order valence-corrected chi connectivity index (χ0v) is 16.4. The number of tetrazole rings is 1. The molecule has 138 valence electrons. The van der Waals surface area contributed by atoms with Crippen LogP contribution in [0.3, 0.4) is 0 Å². The minimum Gasteiger partial charge on any atom is -0.351 e. The lowest BCUT2D eigenvalue weighted by Gasteiger charge is -2.09. The molecule has 3 rings (SSSR count). The Kier molecular flexibility index (Phi) is 5.35. The average Bonchev–Trinajstić information content (AvgIpc) is 3.19. The van der Waals surface area contributed by atoms with Crippen molar-refractivity contribution in [1.82, 2.24) is 24.9 Å². The first-order valence-electron chi connectivity index (χ1n) is 8.03. The highest BCUT2D eigenvalue weighted by atomic mass is 32.2. The number of hydrogen-bond acceptors (Lipinski definition) is 7. The van der Waals surface area contributed by atoms with E-state index in [2.05, 4.69) is 25.6 Å². The van der Waals surface area contributed by atoms with E-state index in [0.717, 1.165) is 21.0 Å². The minimum absolute atomic E-state index is 0.220. The van der Waals surface area contributed by atoms with Crippen LogP contribution in [0.15, 0.2) is 35.2 Å². The molecular formula is C16H20N6O2S2. The number of nitrogens with zero attached hydrogens (tertiary/aromatic N) is 4. The number of anilines is 1. The Labute approximate surface area is 156 Å². The molecule has 0 aliphatic carbocycles. The molecule has 8 nitrogen and oxygen atoms in total. The van der Waals surface area contributed by atoms with E-state index in [-0.39, 0.29) is 6.54 Å². The molecule has 2 N–H and O–H groups in total. The second-order valence-electron chi connectivity index (χ2n) is 5.85. The van der Waals surface area contributed by atoms with Crippen molar-refractivity contribution >= 4 is 27.3 Å². The number of aryl methyl sites for hydroxylation is 3. The summed E-state index contributed by atoms with van der Waals surface area (Å²) in [6.07, 6.45) is 0. The van der Waals surface area contributed by atoms with Crippen LogP contribution in [-0.2, 0) is 10.0 Å². The number of thiophene rings is 1. The maximum atomic E-state index is 12.4. The van der Waals surface area contributed by atoms with Gasteiger partial charge in [0.15, 0.2) is 0 Å². The third-order valence-electron chi connectivity index (χ3n) is 3.73.